The van der Waals surface area contributed by atoms with Gasteiger partial charge in [-0.1, -0.05) is 25.7 Å². The van der Waals surface area contributed by atoms with Gasteiger partial charge in [0, 0.05) is 18.7 Å². The fourth-order valence-corrected chi connectivity index (χ4v) is 3.66. The topological polar surface area (TPSA) is 78.5 Å². The van der Waals surface area contributed by atoms with E-state index in [4.69, 9.17) is 0 Å². The molecular formula is C19H25N3O3. The van der Waals surface area contributed by atoms with Gasteiger partial charge in [0.25, 0.3) is 5.91 Å². The number of nitrogens with zero attached hydrogens (tertiary/aromatic N) is 1. The smallest absolute Gasteiger partial charge is 0.251 e. The average molecular weight is 343 g/mol. The van der Waals surface area contributed by atoms with Crippen LogP contribution in [0.5, 0.6) is 0 Å². The predicted octanol–water partition coefficient (Wildman–Crippen LogP) is 2.59. The molecule has 1 atom stereocenters. The van der Waals surface area contributed by atoms with E-state index in [1.165, 1.54) is 37.5 Å². The first kappa shape index (κ1) is 17.6. The summed E-state index contributed by atoms with van der Waals surface area (Å²) in [5.41, 5.74) is 1.19. The summed E-state index contributed by atoms with van der Waals surface area (Å²) >= 11 is 0. The molecule has 1 heterocycles. The maximum absolute atomic E-state index is 12.7. The highest BCUT2D eigenvalue weighted by molar-refractivity contribution is 6.22. The van der Waals surface area contributed by atoms with Gasteiger partial charge in [0.1, 0.15) is 0 Å². The molecule has 1 aliphatic heterocycles. The van der Waals surface area contributed by atoms with Gasteiger partial charge in [-0.15, -0.1) is 0 Å². The summed E-state index contributed by atoms with van der Waals surface area (Å²) in [6.45, 7) is 1.44. The third-order valence-electron chi connectivity index (χ3n) is 4.88. The van der Waals surface area contributed by atoms with Gasteiger partial charge in [-0.3, -0.25) is 14.4 Å². The molecule has 0 unspecified atom stereocenters. The molecule has 0 aromatic heterocycles. The van der Waals surface area contributed by atoms with Gasteiger partial charge in [-0.25, -0.2) is 4.90 Å². The zero-order valence-corrected chi connectivity index (χ0v) is 14.6. The summed E-state index contributed by atoms with van der Waals surface area (Å²) in [6.07, 6.45) is 7.22. The lowest BCUT2D eigenvalue weighted by Gasteiger charge is -2.21. The Morgan fingerprint density at radius 1 is 1.04 bits per heavy atom. The van der Waals surface area contributed by atoms with Crippen LogP contribution in [-0.4, -0.2) is 29.8 Å². The Morgan fingerprint density at radius 3 is 2.28 bits per heavy atom. The quantitative estimate of drug-likeness (QED) is 0.651. The van der Waals surface area contributed by atoms with Crippen LogP contribution in [0.15, 0.2) is 24.3 Å². The van der Waals surface area contributed by atoms with E-state index in [1.807, 2.05) is 0 Å². The van der Waals surface area contributed by atoms with Crippen molar-refractivity contribution >= 4 is 29.1 Å². The van der Waals surface area contributed by atoms with E-state index in [0.29, 0.717) is 17.4 Å². The number of carbonyl (C=O) groups excluding carboxylic acids is 3. The number of carbonyl (C=O) groups is 3. The van der Waals surface area contributed by atoms with E-state index in [1.54, 1.807) is 24.3 Å². The zero-order chi connectivity index (χ0) is 17.8. The molecule has 0 radical (unpaired) electrons. The van der Waals surface area contributed by atoms with Crippen molar-refractivity contribution in [1.82, 2.24) is 5.32 Å². The van der Waals surface area contributed by atoms with Gasteiger partial charge in [0.05, 0.1) is 18.2 Å². The molecule has 25 heavy (non-hydrogen) atoms. The van der Waals surface area contributed by atoms with Crippen molar-refractivity contribution in [1.29, 1.82) is 0 Å². The Kier molecular flexibility index (Phi) is 5.48. The van der Waals surface area contributed by atoms with Crippen LogP contribution in [0.2, 0.25) is 0 Å². The molecule has 2 N–H and O–H groups in total. The number of imide groups is 1. The van der Waals surface area contributed by atoms with Crippen molar-refractivity contribution in [2.75, 3.05) is 10.2 Å². The molecule has 1 saturated heterocycles. The van der Waals surface area contributed by atoms with E-state index in [0.717, 1.165) is 12.8 Å². The Hall–Kier alpha value is -2.21. The molecule has 2 aliphatic rings. The van der Waals surface area contributed by atoms with Crippen LogP contribution in [0.4, 0.5) is 11.4 Å². The summed E-state index contributed by atoms with van der Waals surface area (Å²) in [4.78, 5) is 37.4. The molecule has 134 valence electrons. The Labute approximate surface area is 148 Å². The number of nitrogens with one attached hydrogen (secondary N) is 2. The Morgan fingerprint density at radius 2 is 1.68 bits per heavy atom. The van der Waals surface area contributed by atoms with Crippen molar-refractivity contribution in [2.24, 2.45) is 0 Å². The van der Waals surface area contributed by atoms with E-state index in [2.05, 4.69) is 10.6 Å². The molecule has 1 aromatic carbocycles. The highest BCUT2D eigenvalue weighted by Gasteiger charge is 2.40. The first-order chi connectivity index (χ1) is 12.0. The summed E-state index contributed by atoms with van der Waals surface area (Å²) in [6, 6.07) is 6.67. The van der Waals surface area contributed by atoms with Crippen molar-refractivity contribution in [3.8, 4) is 0 Å². The lowest BCUT2D eigenvalue weighted by Crippen LogP contribution is -2.43. The largest absolute Gasteiger partial charge is 0.326 e. The second kappa shape index (κ2) is 7.78. The van der Waals surface area contributed by atoms with Crippen LogP contribution in [0.3, 0.4) is 0 Å². The predicted molar refractivity (Wildman–Crippen MR) is 96.3 cm³/mol. The van der Waals surface area contributed by atoms with Gasteiger partial charge in [-0.05, 0) is 37.1 Å². The van der Waals surface area contributed by atoms with E-state index in [9.17, 15) is 14.4 Å². The van der Waals surface area contributed by atoms with Crippen molar-refractivity contribution < 1.29 is 14.4 Å². The molecule has 0 spiro atoms. The van der Waals surface area contributed by atoms with E-state index < -0.39 is 6.04 Å². The number of benzene rings is 1. The van der Waals surface area contributed by atoms with Crippen LogP contribution in [0, 0.1) is 0 Å². The first-order valence-corrected chi connectivity index (χ1v) is 9.05. The summed E-state index contributed by atoms with van der Waals surface area (Å²) in [7, 11) is 0. The van der Waals surface area contributed by atoms with E-state index in [-0.39, 0.29) is 24.1 Å². The standard InChI is InChI=1S/C19H25N3O3/c1-13(23)20-15-8-10-16(11-9-15)22-18(24)12-17(19(22)25)21-14-6-4-2-3-5-7-14/h8-11,14,17,21H,2-7,12H2,1H3,(H,20,23)/t17-/m1/s1. The lowest BCUT2D eigenvalue weighted by molar-refractivity contribution is -0.122. The van der Waals surface area contributed by atoms with Crippen molar-refractivity contribution in [3.63, 3.8) is 0 Å². The number of hydrogen-bond acceptors (Lipinski definition) is 4. The fourth-order valence-electron chi connectivity index (χ4n) is 3.66. The second-order valence-electron chi connectivity index (χ2n) is 6.91. The average Bonchev–Trinajstić information content (AvgIpc) is 2.75. The van der Waals surface area contributed by atoms with E-state index >= 15 is 0 Å². The molecule has 6 heteroatoms. The van der Waals surface area contributed by atoms with Crippen molar-refractivity contribution in [3.05, 3.63) is 24.3 Å². The van der Waals surface area contributed by atoms with Gasteiger partial charge < -0.3 is 10.6 Å². The molecule has 0 bridgehead atoms. The van der Waals surface area contributed by atoms with Gasteiger partial charge >= 0.3 is 0 Å². The third-order valence-corrected chi connectivity index (χ3v) is 4.88. The SMILES string of the molecule is CC(=O)Nc1ccc(N2C(=O)C[C@@H](NC3CCCCCC3)C2=O)cc1. The minimum atomic E-state index is -0.425. The number of rotatable bonds is 4. The number of hydrogen-bond donors (Lipinski definition) is 2. The molecule has 1 aliphatic carbocycles. The maximum atomic E-state index is 12.7. The van der Waals surface area contributed by atoms with Crippen LogP contribution in [0.1, 0.15) is 51.9 Å². The van der Waals surface area contributed by atoms with Crippen LogP contribution < -0.4 is 15.5 Å². The van der Waals surface area contributed by atoms with Crippen LogP contribution in [-0.2, 0) is 14.4 Å². The highest BCUT2D eigenvalue weighted by atomic mass is 16.2. The fraction of sp³-hybridized carbons (Fsp3) is 0.526. The molecule has 3 amide bonds. The highest BCUT2D eigenvalue weighted by Crippen LogP contribution is 2.26. The molecule has 2 fully saturated rings. The Bertz CT molecular complexity index is 648. The summed E-state index contributed by atoms with van der Waals surface area (Å²) in [5.74, 6) is -0.515. The molecular weight excluding hydrogens is 318 g/mol. The number of anilines is 2. The normalized spacial score (nSPS) is 22.1. The second-order valence-corrected chi connectivity index (χ2v) is 6.91. The summed E-state index contributed by atoms with van der Waals surface area (Å²) in [5, 5.41) is 6.08. The first-order valence-electron chi connectivity index (χ1n) is 9.05. The minimum absolute atomic E-state index is 0.159. The minimum Gasteiger partial charge on any atom is -0.326 e. The van der Waals surface area contributed by atoms with Crippen molar-refractivity contribution in [2.45, 2.75) is 64.0 Å². The van der Waals surface area contributed by atoms with Crippen LogP contribution >= 0.6 is 0 Å². The Balaban J connectivity index is 1.67. The molecule has 1 saturated carbocycles. The maximum Gasteiger partial charge on any atom is 0.251 e. The van der Waals surface area contributed by atoms with Crippen LogP contribution in [0.25, 0.3) is 0 Å². The third kappa shape index (κ3) is 4.25. The zero-order valence-electron chi connectivity index (χ0n) is 14.6. The van der Waals surface area contributed by atoms with Gasteiger partial charge in [0.15, 0.2) is 0 Å². The monoisotopic (exact) mass is 343 g/mol. The van der Waals surface area contributed by atoms with Gasteiger partial charge in [-0.2, -0.15) is 0 Å². The molecule has 6 nitrogen and oxygen atoms in total. The molecule has 3 rings (SSSR count). The lowest BCUT2D eigenvalue weighted by atomic mass is 10.1. The van der Waals surface area contributed by atoms with Gasteiger partial charge in [0.2, 0.25) is 11.8 Å². The molecule has 1 aromatic rings. The number of amides is 3. The summed E-state index contributed by atoms with van der Waals surface area (Å²) < 4.78 is 0.